The molecule has 0 radical (unpaired) electrons. The molecule has 0 aliphatic carbocycles. The van der Waals surface area contributed by atoms with Crippen LogP contribution in [0.1, 0.15) is 36.0 Å². The third kappa shape index (κ3) is 6.05. The lowest BCUT2D eigenvalue weighted by molar-refractivity contribution is 0.0601. The summed E-state index contributed by atoms with van der Waals surface area (Å²) in [5.74, 6) is -2.01. The van der Waals surface area contributed by atoms with Crippen molar-refractivity contribution in [3.63, 3.8) is 0 Å². The number of methoxy groups -OCH3 is 2. The first kappa shape index (κ1) is 26.8. The van der Waals surface area contributed by atoms with Crippen molar-refractivity contribution in [3.05, 3.63) is 76.2 Å². The fourth-order valence-corrected chi connectivity index (χ4v) is 5.43. The van der Waals surface area contributed by atoms with E-state index >= 15 is 0 Å². The van der Waals surface area contributed by atoms with Crippen LogP contribution < -0.4 is 15.4 Å². The monoisotopic (exact) mass is 547 g/mol. The van der Waals surface area contributed by atoms with Crippen molar-refractivity contribution in [2.24, 2.45) is 0 Å². The SMILES string of the molecule is COC(=O)c1sc(NC(=S)Nc2ccc(S(=O)(=O)NC(=O)c3ccccc3)cc2)c(C(=O)OC)c1C. The van der Waals surface area contributed by atoms with Gasteiger partial charge >= 0.3 is 11.9 Å². The molecule has 2 aromatic carbocycles. The first-order valence-corrected chi connectivity index (χ1v) is 12.9. The fraction of sp³-hybridized carbons (Fsp3) is 0.130. The topological polar surface area (TPSA) is 140 Å². The van der Waals surface area contributed by atoms with Gasteiger partial charge in [0.2, 0.25) is 0 Å². The third-order valence-electron chi connectivity index (χ3n) is 4.82. The molecule has 3 aromatic rings. The van der Waals surface area contributed by atoms with Gasteiger partial charge in [0.1, 0.15) is 9.88 Å². The summed E-state index contributed by atoms with van der Waals surface area (Å²) in [7, 11) is -1.65. The maximum atomic E-state index is 12.6. The molecule has 3 N–H and O–H groups in total. The summed E-state index contributed by atoms with van der Waals surface area (Å²) in [4.78, 5) is 36.6. The van der Waals surface area contributed by atoms with Gasteiger partial charge in [0.15, 0.2) is 5.11 Å². The Balaban J connectivity index is 1.73. The molecule has 0 aliphatic rings. The van der Waals surface area contributed by atoms with Crippen LogP contribution in [-0.2, 0) is 19.5 Å². The van der Waals surface area contributed by atoms with Crippen LogP contribution in [0.2, 0.25) is 0 Å². The van der Waals surface area contributed by atoms with E-state index in [1.165, 1.54) is 50.6 Å². The quantitative estimate of drug-likeness (QED) is 0.297. The molecule has 0 saturated heterocycles. The largest absolute Gasteiger partial charge is 0.465 e. The van der Waals surface area contributed by atoms with Gasteiger partial charge in [-0.1, -0.05) is 18.2 Å². The van der Waals surface area contributed by atoms with Gasteiger partial charge in [-0.15, -0.1) is 11.3 Å². The number of amides is 1. The molecule has 0 saturated carbocycles. The number of benzene rings is 2. The van der Waals surface area contributed by atoms with Gasteiger partial charge in [-0.2, -0.15) is 0 Å². The minimum atomic E-state index is -4.10. The molecule has 36 heavy (non-hydrogen) atoms. The molecule has 188 valence electrons. The second-order valence-electron chi connectivity index (χ2n) is 7.15. The summed E-state index contributed by atoms with van der Waals surface area (Å²) in [6.45, 7) is 1.59. The maximum absolute atomic E-state index is 12.6. The molecule has 0 bridgehead atoms. The highest BCUT2D eigenvalue weighted by Gasteiger charge is 2.26. The molecule has 13 heteroatoms. The lowest BCUT2D eigenvalue weighted by Gasteiger charge is -2.12. The van der Waals surface area contributed by atoms with Crippen molar-refractivity contribution in [1.82, 2.24) is 4.72 Å². The predicted molar refractivity (Wildman–Crippen MR) is 139 cm³/mol. The third-order valence-corrected chi connectivity index (χ3v) is 7.56. The highest BCUT2D eigenvalue weighted by Crippen LogP contribution is 2.34. The lowest BCUT2D eigenvalue weighted by Crippen LogP contribution is -2.30. The number of carbonyl (C=O) groups is 3. The number of anilines is 2. The average Bonchev–Trinajstić information content (AvgIpc) is 3.18. The Morgan fingerprint density at radius 3 is 2.08 bits per heavy atom. The summed E-state index contributed by atoms with van der Waals surface area (Å²) in [6.07, 6.45) is 0. The van der Waals surface area contributed by atoms with E-state index in [-0.39, 0.29) is 31.0 Å². The molecule has 0 spiro atoms. The lowest BCUT2D eigenvalue weighted by atomic mass is 10.1. The summed E-state index contributed by atoms with van der Waals surface area (Å²) in [6, 6.07) is 13.5. The number of carbonyl (C=O) groups excluding carboxylic acids is 3. The second kappa shape index (κ2) is 11.3. The van der Waals surface area contributed by atoms with Crippen molar-refractivity contribution in [2.45, 2.75) is 11.8 Å². The molecule has 1 heterocycles. The molecular formula is C23H21N3O7S3. The van der Waals surface area contributed by atoms with Crippen molar-refractivity contribution >= 4 is 67.2 Å². The minimum Gasteiger partial charge on any atom is -0.465 e. The van der Waals surface area contributed by atoms with E-state index < -0.39 is 27.9 Å². The Hall–Kier alpha value is -3.81. The molecule has 0 unspecified atom stereocenters. The number of nitrogens with one attached hydrogen (secondary N) is 3. The summed E-state index contributed by atoms with van der Waals surface area (Å²) >= 11 is 6.28. The van der Waals surface area contributed by atoms with Crippen LogP contribution in [0.3, 0.4) is 0 Å². The van der Waals surface area contributed by atoms with Gasteiger partial charge in [0.25, 0.3) is 15.9 Å². The van der Waals surface area contributed by atoms with Gasteiger partial charge in [-0.25, -0.2) is 22.7 Å². The van der Waals surface area contributed by atoms with Crippen LogP contribution in [0, 0.1) is 6.92 Å². The first-order chi connectivity index (χ1) is 17.1. The summed E-state index contributed by atoms with van der Waals surface area (Å²) in [5.41, 5.74) is 1.17. The summed E-state index contributed by atoms with van der Waals surface area (Å²) in [5, 5.41) is 6.08. The van der Waals surface area contributed by atoms with Crippen LogP contribution in [0.15, 0.2) is 59.5 Å². The van der Waals surface area contributed by atoms with Crippen molar-refractivity contribution in [2.75, 3.05) is 24.9 Å². The highest BCUT2D eigenvalue weighted by molar-refractivity contribution is 7.90. The molecular weight excluding hydrogens is 526 g/mol. The number of ether oxygens (including phenoxy) is 2. The highest BCUT2D eigenvalue weighted by atomic mass is 32.2. The summed E-state index contributed by atoms with van der Waals surface area (Å²) < 4.78 is 36.7. The number of hydrogen-bond donors (Lipinski definition) is 3. The molecule has 1 aromatic heterocycles. The van der Waals surface area contributed by atoms with Crippen LogP contribution in [0.5, 0.6) is 0 Å². The molecule has 1 amide bonds. The van der Waals surface area contributed by atoms with E-state index in [2.05, 4.69) is 10.6 Å². The van der Waals surface area contributed by atoms with E-state index in [0.29, 0.717) is 11.3 Å². The van der Waals surface area contributed by atoms with Gasteiger partial charge in [0.05, 0.1) is 24.7 Å². The van der Waals surface area contributed by atoms with Crippen LogP contribution in [-0.4, -0.2) is 45.6 Å². The Morgan fingerprint density at radius 2 is 1.50 bits per heavy atom. The zero-order chi connectivity index (χ0) is 26.5. The van der Waals surface area contributed by atoms with Gasteiger partial charge in [-0.05, 0) is 61.1 Å². The normalized spacial score (nSPS) is 10.8. The maximum Gasteiger partial charge on any atom is 0.348 e. The predicted octanol–water partition coefficient (Wildman–Crippen LogP) is 3.56. The van der Waals surface area contributed by atoms with E-state index in [9.17, 15) is 22.8 Å². The van der Waals surface area contributed by atoms with Crippen LogP contribution in [0.4, 0.5) is 10.7 Å². The van der Waals surface area contributed by atoms with Gasteiger partial charge in [-0.3, -0.25) is 4.79 Å². The second-order valence-corrected chi connectivity index (χ2v) is 10.3. The number of esters is 2. The van der Waals surface area contributed by atoms with Gasteiger partial charge < -0.3 is 20.1 Å². The van der Waals surface area contributed by atoms with Crippen molar-refractivity contribution in [3.8, 4) is 0 Å². The van der Waals surface area contributed by atoms with E-state index in [4.69, 9.17) is 21.7 Å². The van der Waals surface area contributed by atoms with Crippen LogP contribution in [0.25, 0.3) is 0 Å². The molecule has 10 nitrogen and oxygen atoms in total. The van der Waals surface area contributed by atoms with Gasteiger partial charge in [0, 0.05) is 11.3 Å². The zero-order valence-corrected chi connectivity index (χ0v) is 21.7. The molecule has 3 rings (SSSR count). The first-order valence-electron chi connectivity index (χ1n) is 10.2. The Labute approximate surface area is 216 Å². The average molecular weight is 548 g/mol. The molecule has 0 fully saturated rings. The minimum absolute atomic E-state index is 0.0748. The van der Waals surface area contributed by atoms with Crippen LogP contribution >= 0.6 is 23.6 Å². The van der Waals surface area contributed by atoms with E-state index in [1.807, 2.05) is 4.72 Å². The number of thiocarbonyl (C=S) groups is 1. The van der Waals surface area contributed by atoms with Crippen molar-refractivity contribution < 1.29 is 32.3 Å². The standard InChI is InChI=1S/C23H21N3O7S3/c1-13-17(21(28)32-2)20(35-18(13)22(29)33-3)25-23(34)24-15-9-11-16(12-10-15)36(30,31)26-19(27)14-7-5-4-6-8-14/h4-12H,1-3H3,(H,26,27)(H2,24,25,34). The van der Waals surface area contributed by atoms with E-state index in [1.54, 1.807) is 25.1 Å². The number of hydrogen-bond acceptors (Lipinski definition) is 9. The Bertz CT molecular complexity index is 1420. The number of rotatable bonds is 7. The Kier molecular flexibility index (Phi) is 8.40. The zero-order valence-electron chi connectivity index (χ0n) is 19.3. The molecule has 0 aliphatic heterocycles. The smallest absolute Gasteiger partial charge is 0.348 e. The number of sulfonamides is 1. The number of thiophene rings is 1. The van der Waals surface area contributed by atoms with E-state index in [0.717, 1.165) is 11.3 Å². The fourth-order valence-electron chi connectivity index (χ4n) is 3.05. The molecule has 0 atom stereocenters. The Morgan fingerprint density at radius 1 is 0.889 bits per heavy atom. The van der Waals surface area contributed by atoms with Crippen molar-refractivity contribution in [1.29, 1.82) is 0 Å².